The summed E-state index contributed by atoms with van der Waals surface area (Å²) in [6.07, 6.45) is 0. The molecule has 6 heteroatoms. The van der Waals surface area contributed by atoms with Crippen LogP contribution in [0.5, 0.6) is 0 Å². The Balaban J connectivity index is 0.00000144. The van der Waals surface area contributed by atoms with Crippen LogP contribution in [-0.2, 0) is 4.74 Å². The number of nitrogens with two attached hydrogens (primary N) is 1. The lowest BCUT2D eigenvalue weighted by molar-refractivity contribution is 0.0398. The molecule has 0 spiro atoms. The van der Waals surface area contributed by atoms with Gasteiger partial charge in [-0.2, -0.15) is 0 Å². The number of ether oxygens (including phenoxy) is 1. The Hall–Kier alpha value is -0.680. The molecule has 1 aliphatic rings. The maximum atomic E-state index is 5.84. The van der Waals surface area contributed by atoms with Crippen LogP contribution in [-0.4, -0.2) is 44.3 Å². The van der Waals surface area contributed by atoms with E-state index in [4.69, 9.17) is 10.5 Å². The van der Waals surface area contributed by atoms with Gasteiger partial charge in [-0.15, -0.1) is 24.8 Å². The molecular weight excluding hydrogens is 273 g/mol. The first-order valence-corrected chi connectivity index (χ1v) is 5.75. The number of nitrogens with one attached hydrogen (secondary N) is 1. The Labute approximate surface area is 121 Å². The summed E-state index contributed by atoms with van der Waals surface area (Å²) in [5.74, 6) is 0. The van der Waals surface area contributed by atoms with Gasteiger partial charge in [0.1, 0.15) is 0 Å². The zero-order valence-electron chi connectivity index (χ0n) is 10.3. The van der Waals surface area contributed by atoms with Crippen molar-refractivity contribution in [1.29, 1.82) is 0 Å². The van der Waals surface area contributed by atoms with Crippen LogP contribution in [0.15, 0.2) is 24.3 Å². The monoisotopic (exact) mass is 293 g/mol. The van der Waals surface area contributed by atoms with Crippen LogP contribution in [0.1, 0.15) is 0 Å². The molecule has 0 bridgehead atoms. The van der Waals surface area contributed by atoms with E-state index in [1.54, 1.807) is 0 Å². The van der Waals surface area contributed by atoms with Gasteiger partial charge in [-0.25, -0.2) is 0 Å². The summed E-state index contributed by atoms with van der Waals surface area (Å²) in [4.78, 5) is 2.40. The fourth-order valence-electron chi connectivity index (χ4n) is 1.83. The largest absolute Gasteiger partial charge is 0.397 e. The standard InChI is InChI=1S/C12H19N3O.2ClH/c13-11-3-1-2-4-12(11)14-5-6-15-7-9-16-10-8-15;;/h1-4,14H,5-10,13H2;2*1H. The molecule has 1 aromatic carbocycles. The topological polar surface area (TPSA) is 50.5 Å². The number of benzene rings is 1. The number of morpholine rings is 1. The highest BCUT2D eigenvalue weighted by Crippen LogP contribution is 2.15. The summed E-state index contributed by atoms with van der Waals surface area (Å²) >= 11 is 0. The van der Waals surface area contributed by atoms with Crippen molar-refractivity contribution in [2.75, 3.05) is 50.4 Å². The molecule has 0 amide bonds. The van der Waals surface area contributed by atoms with Gasteiger partial charge in [-0.05, 0) is 12.1 Å². The third kappa shape index (κ3) is 5.31. The van der Waals surface area contributed by atoms with Gasteiger partial charge in [0, 0.05) is 26.2 Å². The average Bonchev–Trinajstić information content (AvgIpc) is 2.33. The third-order valence-electron chi connectivity index (χ3n) is 2.81. The number of para-hydroxylation sites is 2. The van der Waals surface area contributed by atoms with Crippen molar-refractivity contribution in [2.45, 2.75) is 0 Å². The van der Waals surface area contributed by atoms with E-state index in [1.165, 1.54) is 0 Å². The molecule has 0 aromatic heterocycles. The van der Waals surface area contributed by atoms with Crippen LogP contribution in [0, 0.1) is 0 Å². The first-order valence-electron chi connectivity index (χ1n) is 5.75. The number of halogens is 2. The van der Waals surface area contributed by atoms with Gasteiger partial charge in [-0.1, -0.05) is 12.1 Å². The summed E-state index contributed by atoms with van der Waals surface area (Å²) in [5, 5.41) is 3.35. The van der Waals surface area contributed by atoms with E-state index in [0.29, 0.717) is 0 Å². The van der Waals surface area contributed by atoms with E-state index >= 15 is 0 Å². The Morgan fingerprint density at radius 3 is 2.50 bits per heavy atom. The maximum absolute atomic E-state index is 5.84. The van der Waals surface area contributed by atoms with Gasteiger partial charge in [0.25, 0.3) is 0 Å². The minimum Gasteiger partial charge on any atom is -0.397 e. The summed E-state index contributed by atoms with van der Waals surface area (Å²) < 4.78 is 5.30. The van der Waals surface area contributed by atoms with Crippen molar-refractivity contribution < 1.29 is 4.74 Å². The number of rotatable bonds is 4. The van der Waals surface area contributed by atoms with Gasteiger partial charge in [0.15, 0.2) is 0 Å². The average molecular weight is 294 g/mol. The molecule has 0 unspecified atom stereocenters. The first kappa shape index (κ1) is 17.3. The second kappa shape index (κ2) is 9.28. The van der Waals surface area contributed by atoms with Gasteiger partial charge in [-0.3, -0.25) is 4.90 Å². The van der Waals surface area contributed by atoms with Gasteiger partial charge >= 0.3 is 0 Å². The molecule has 1 aromatic rings. The van der Waals surface area contributed by atoms with Crippen LogP contribution in [0.2, 0.25) is 0 Å². The molecule has 0 saturated carbocycles. The van der Waals surface area contributed by atoms with Crippen molar-refractivity contribution >= 4 is 36.2 Å². The van der Waals surface area contributed by atoms with Crippen molar-refractivity contribution in [3.8, 4) is 0 Å². The molecule has 1 saturated heterocycles. The Morgan fingerprint density at radius 1 is 1.17 bits per heavy atom. The molecule has 4 nitrogen and oxygen atoms in total. The van der Waals surface area contributed by atoms with E-state index in [0.717, 1.165) is 50.8 Å². The summed E-state index contributed by atoms with van der Waals surface area (Å²) in [7, 11) is 0. The van der Waals surface area contributed by atoms with E-state index in [1.807, 2.05) is 24.3 Å². The number of anilines is 2. The Kier molecular flexibility index (Phi) is 8.93. The number of hydrogen-bond acceptors (Lipinski definition) is 4. The summed E-state index contributed by atoms with van der Waals surface area (Å²) in [5.41, 5.74) is 7.68. The maximum Gasteiger partial charge on any atom is 0.0594 e. The molecule has 2 rings (SSSR count). The van der Waals surface area contributed by atoms with Crippen molar-refractivity contribution in [2.24, 2.45) is 0 Å². The Bertz CT molecular complexity index is 333. The fourth-order valence-corrected chi connectivity index (χ4v) is 1.83. The summed E-state index contributed by atoms with van der Waals surface area (Å²) in [6, 6.07) is 7.86. The molecular formula is C12H21Cl2N3O. The van der Waals surface area contributed by atoms with Gasteiger partial charge in [0.2, 0.25) is 0 Å². The predicted molar refractivity (Wildman–Crippen MR) is 81.1 cm³/mol. The zero-order chi connectivity index (χ0) is 11.2. The van der Waals surface area contributed by atoms with Crippen molar-refractivity contribution in [1.82, 2.24) is 4.90 Å². The zero-order valence-corrected chi connectivity index (χ0v) is 11.9. The normalized spacial score (nSPS) is 15.3. The minimum atomic E-state index is 0. The fraction of sp³-hybridized carbons (Fsp3) is 0.500. The second-order valence-corrected chi connectivity index (χ2v) is 3.97. The SMILES string of the molecule is Cl.Cl.Nc1ccccc1NCCN1CCOCC1. The van der Waals surface area contributed by atoms with Crippen molar-refractivity contribution in [3.05, 3.63) is 24.3 Å². The van der Waals surface area contributed by atoms with Gasteiger partial charge in [0.05, 0.1) is 24.6 Å². The lowest BCUT2D eigenvalue weighted by Crippen LogP contribution is -2.39. The summed E-state index contributed by atoms with van der Waals surface area (Å²) in [6.45, 7) is 5.74. The second-order valence-electron chi connectivity index (χ2n) is 3.97. The number of nitrogens with zero attached hydrogens (tertiary/aromatic N) is 1. The first-order chi connectivity index (χ1) is 7.86. The van der Waals surface area contributed by atoms with Crippen LogP contribution in [0.4, 0.5) is 11.4 Å². The Morgan fingerprint density at radius 2 is 1.83 bits per heavy atom. The highest BCUT2D eigenvalue weighted by molar-refractivity contribution is 5.85. The molecule has 0 radical (unpaired) electrons. The molecule has 1 heterocycles. The smallest absolute Gasteiger partial charge is 0.0594 e. The van der Waals surface area contributed by atoms with Crippen LogP contribution in [0.3, 0.4) is 0 Å². The molecule has 1 aliphatic heterocycles. The third-order valence-corrected chi connectivity index (χ3v) is 2.81. The molecule has 3 N–H and O–H groups in total. The van der Waals surface area contributed by atoms with E-state index < -0.39 is 0 Å². The number of nitrogen functional groups attached to an aromatic ring is 1. The van der Waals surface area contributed by atoms with Gasteiger partial charge < -0.3 is 15.8 Å². The molecule has 1 fully saturated rings. The van der Waals surface area contributed by atoms with E-state index in [9.17, 15) is 0 Å². The van der Waals surface area contributed by atoms with E-state index in [-0.39, 0.29) is 24.8 Å². The molecule has 0 aliphatic carbocycles. The lowest BCUT2D eigenvalue weighted by atomic mass is 10.2. The highest BCUT2D eigenvalue weighted by atomic mass is 35.5. The molecule has 0 atom stereocenters. The lowest BCUT2D eigenvalue weighted by Gasteiger charge is -2.26. The quantitative estimate of drug-likeness (QED) is 0.832. The minimum absolute atomic E-state index is 0. The van der Waals surface area contributed by atoms with Crippen LogP contribution >= 0.6 is 24.8 Å². The van der Waals surface area contributed by atoms with E-state index in [2.05, 4.69) is 10.2 Å². The highest BCUT2D eigenvalue weighted by Gasteiger charge is 2.09. The molecule has 18 heavy (non-hydrogen) atoms. The predicted octanol–water partition coefficient (Wildman–Crippen LogP) is 1.86. The van der Waals surface area contributed by atoms with Crippen LogP contribution < -0.4 is 11.1 Å². The van der Waals surface area contributed by atoms with Crippen molar-refractivity contribution in [3.63, 3.8) is 0 Å². The molecule has 104 valence electrons. The van der Waals surface area contributed by atoms with Crippen LogP contribution in [0.25, 0.3) is 0 Å². The number of hydrogen-bond donors (Lipinski definition) is 2.